The second-order valence-electron chi connectivity index (χ2n) is 6.96. The lowest BCUT2D eigenvalue weighted by molar-refractivity contribution is 0.169. The number of hydrogen-bond donors (Lipinski definition) is 2. The number of carbonyl (C=O) groups is 1. The number of likely N-dealkylation sites (tertiary alicyclic amines) is 1. The molecule has 7 heteroatoms. The van der Waals surface area contributed by atoms with Gasteiger partial charge in [-0.1, -0.05) is 18.2 Å². The number of rotatable bonds is 3. The average molecular weight is 365 g/mol. The molecule has 1 saturated heterocycles. The molecule has 1 aliphatic rings. The maximum atomic E-state index is 12.6. The molecule has 0 saturated carbocycles. The number of benzene rings is 1. The van der Waals surface area contributed by atoms with E-state index in [0.29, 0.717) is 13.1 Å². The van der Waals surface area contributed by atoms with Crippen LogP contribution in [0.1, 0.15) is 37.5 Å². The Kier molecular flexibility index (Phi) is 4.66. The summed E-state index contributed by atoms with van der Waals surface area (Å²) in [5.41, 5.74) is 2.54. The van der Waals surface area contributed by atoms with E-state index in [-0.39, 0.29) is 23.8 Å². The zero-order valence-electron chi connectivity index (χ0n) is 15.3. The van der Waals surface area contributed by atoms with E-state index in [0.717, 1.165) is 29.6 Å². The van der Waals surface area contributed by atoms with Gasteiger partial charge in [0, 0.05) is 25.3 Å². The van der Waals surface area contributed by atoms with Crippen LogP contribution < -0.4 is 11.0 Å². The number of H-pyrrole nitrogens is 1. The maximum Gasteiger partial charge on any atom is 0.326 e. The van der Waals surface area contributed by atoms with Crippen molar-refractivity contribution in [3.05, 3.63) is 64.8 Å². The summed E-state index contributed by atoms with van der Waals surface area (Å²) in [4.78, 5) is 33.9. The van der Waals surface area contributed by atoms with E-state index < -0.39 is 0 Å². The number of amides is 2. The Morgan fingerprint density at radius 2 is 1.93 bits per heavy atom. The topological polar surface area (TPSA) is 83.0 Å². The number of pyridine rings is 1. The standard InChI is InChI=1S/C20H23N5O2/c1-14(16-6-4-5-11-21-16)22-19(26)24-12-9-15(10-13-24)25-18-8-3-2-7-17(18)23-20(25)27/h2-8,11,14-15H,9-10,12-13H2,1H3,(H,22,26)(H,23,27)/t14-/m0/s1. The summed E-state index contributed by atoms with van der Waals surface area (Å²) >= 11 is 0. The van der Waals surface area contributed by atoms with Crippen LogP contribution >= 0.6 is 0 Å². The maximum absolute atomic E-state index is 12.6. The first kappa shape index (κ1) is 17.3. The van der Waals surface area contributed by atoms with Crippen LogP contribution in [0.15, 0.2) is 53.5 Å². The first-order valence-corrected chi connectivity index (χ1v) is 9.29. The molecule has 7 nitrogen and oxygen atoms in total. The van der Waals surface area contributed by atoms with Gasteiger partial charge in [-0.3, -0.25) is 9.55 Å². The third kappa shape index (κ3) is 3.45. The highest BCUT2D eigenvalue weighted by molar-refractivity contribution is 5.76. The monoisotopic (exact) mass is 365 g/mol. The van der Waals surface area contributed by atoms with Gasteiger partial charge in [0.1, 0.15) is 0 Å². The number of nitrogens with zero attached hydrogens (tertiary/aromatic N) is 3. The molecule has 3 aromatic rings. The van der Waals surface area contributed by atoms with Gasteiger partial charge in [-0.15, -0.1) is 0 Å². The molecule has 1 atom stereocenters. The molecule has 0 radical (unpaired) electrons. The molecule has 4 rings (SSSR count). The van der Waals surface area contributed by atoms with Crippen molar-refractivity contribution in [2.75, 3.05) is 13.1 Å². The fourth-order valence-corrected chi connectivity index (χ4v) is 3.75. The predicted octanol–water partition coefficient (Wildman–Crippen LogP) is 2.83. The summed E-state index contributed by atoms with van der Waals surface area (Å²) in [5.74, 6) is 0. The summed E-state index contributed by atoms with van der Waals surface area (Å²) in [6.45, 7) is 3.17. The van der Waals surface area contributed by atoms with Gasteiger partial charge in [-0.25, -0.2) is 9.59 Å². The summed E-state index contributed by atoms with van der Waals surface area (Å²) in [6.07, 6.45) is 3.24. The summed E-state index contributed by atoms with van der Waals surface area (Å²) in [6, 6.07) is 13.3. The smallest absolute Gasteiger partial charge is 0.326 e. The summed E-state index contributed by atoms with van der Waals surface area (Å²) in [7, 11) is 0. The third-order valence-electron chi connectivity index (χ3n) is 5.21. The Labute approximate surface area is 157 Å². The van der Waals surface area contributed by atoms with E-state index in [1.165, 1.54) is 0 Å². The quantitative estimate of drug-likeness (QED) is 0.749. The van der Waals surface area contributed by atoms with E-state index in [9.17, 15) is 9.59 Å². The first-order chi connectivity index (χ1) is 13.1. The minimum absolute atomic E-state index is 0.0807. The van der Waals surface area contributed by atoms with Gasteiger partial charge in [0.25, 0.3) is 0 Å². The first-order valence-electron chi connectivity index (χ1n) is 9.29. The highest BCUT2D eigenvalue weighted by atomic mass is 16.2. The molecule has 3 heterocycles. The van der Waals surface area contributed by atoms with E-state index in [1.807, 2.05) is 58.9 Å². The number of nitrogens with one attached hydrogen (secondary N) is 2. The van der Waals surface area contributed by atoms with Crippen molar-refractivity contribution in [1.82, 2.24) is 24.8 Å². The zero-order valence-corrected chi connectivity index (χ0v) is 15.3. The summed E-state index contributed by atoms with van der Waals surface area (Å²) in [5, 5.41) is 3.01. The highest BCUT2D eigenvalue weighted by Crippen LogP contribution is 2.25. The number of hydrogen-bond acceptors (Lipinski definition) is 3. The fourth-order valence-electron chi connectivity index (χ4n) is 3.75. The number of fused-ring (bicyclic) bond motifs is 1. The van der Waals surface area contributed by atoms with Gasteiger partial charge in [0.05, 0.1) is 22.8 Å². The molecule has 0 spiro atoms. The Bertz CT molecular complexity index is 986. The van der Waals surface area contributed by atoms with E-state index in [2.05, 4.69) is 15.3 Å². The largest absolute Gasteiger partial charge is 0.330 e. The number of imidazole rings is 1. The molecule has 2 aromatic heterocycles. The number of para-hydroxylation sites is 2. The predicted molar refractivity (Wildman–Crippen MR) is 104 cm³/mol. The molecule has 1 aliphatic heterocycles. The van der Waals surface area contributed by atoms with Crippen molar-refractivity contribution in [3.63, 3.8) is 0 Å². The van der Waals surface area contributed by atoms with Crippen molar-refractivity contribution in [2.45, 2.75) is 31.8 Å². The molecule has 0 bridgehead atoms. The molecular weight excluding hydrogens is 342 g/mol. The van der Waals surface area contributed by atoms with Crippen LogP contribution in [0.25, 0.3) is 11.0 Å². The van der Waals surface area contributed by atoms with Gasteiger partial charge >= 0.3 is 11.7 Å². The van der Waals surface area contributed by atoms with E-state index in [1.54, 1.807) is 6.20 Å². The lowest BCUT2D eigenvalue weighted by Gasteiger charge is -2.33. The van der Waals surface area contributed by atoms with Crippen molar-refractivity contribution in [1.29, 1.82) is 0 Å². The third-order valence-corrected chi connectivity index (χ3v) is 5.21. The lowest BCUT2D eigenvalue weighted by atomic mass is 10.0. The van der Waals surface area contributed by atoms with Gasteiger partial charge in [0.2, 0.25) is 0 Å². The molecule has 27 heavy (non-hydrogen) atoms. The van der Waals surface area contributed by atoms with E-state index in [4.69, 9.17) is 0 Å². The fraction of sp³-hybridized carbons (Fsp3) is 0.350. The number of aromatic amines is 1. The zero-order chi connectivity index (χ0) is 18.8. The second kappa shape index (κ2) is 7.26. The van der Waals surface area contributed by atoms with Gasteiger partial charge in [-0.05, 0) is 44.0 Å². The Hall–Kier alpha value is -3.09. The van der Waals surface area contributed by atoms with Gasteiger partial charge in [0.15, 0.2) is 0 Å². The van der Waals surface area contributed by atoms with Crippen LogP contribution in [0.5, 0.6) is 0 Å². The Morgan fingerprint density at radius 1 is 1.19 bits per heavy atom. The van der Waals surface area contributed by atoms with Crippen LogP contribution in [0.2, 0.25) is 0 Å². The van der Waals surface area contributed by atoms with Gasteiger partial charge in [-0.2, -0.15) is 0 Å². The highest BCUT2D eigenvalue weighted by Gasteiger charge is 2.26. The molecule has 0 unspecified atom stereocenters. The Balaban J connectivity index is 1.40. The molecule has 140 valence electrons. The molecule has 1 fully saturated rings. The van der Waals surface area contributed by atoms with E-state index >= 15 is 0 Å². The van der Waals surface area contributed by atoms with Crippen molar-refractivity contribution < 1.29 is 4.79 Å². The number of urea groups is 1. The Morgan fingerprint density at radius 3 is 2.67 bits per heavy atom. The average Bonchev–Trinajstić information content (AvgIpc) is 3.04. The molecule has 0 aliphatic carbocycles. The minimum Gasteiger partial charge on any atom is -0.330 e. The van der Waals surface area contributed by atoms with Crippen LogP contribution in [-0.2, 0) is 0 Å². The van der Waals surface area contributed by atoms with Crippen LogP contribution in [0, 0.1) is 0 Å². The van der Waals surface area contributed by atoms with Crippen molar-refractivity contribution >= 4 is 17.1 Å². The van der Waals surface area contributed by atoms with Crippen molar-refractivity contribution in [3.8, 4) is 0 Å². The SMILES string of the molecule is C[C@H](NC(=O)N1CCC(n2c(=O)[nH]c3ccccc32)CC1)c1ccccn1. The molecule has 2 N–H and O–H groups in total. The molecular formula is C20H23N5O2. The minimum atomic E-state index is -0.146. The number of carbonyl (C=O) groups excluding carboxylic acids is 1. The summed E-state index contributed by atoms with van der Waals surface area (Å²) < 4.78 is 1.83. The van der Waals surface area contributed by atoms with Gasteiger partial charge < -0.3 is 15.2 Å². The van der Waals surface area contributed by atoms with Crippen LogP contribution in [-0.4, -0.2) is 38.6 Å². The van der Waals surface area contributed by atoms with Crippen LogP contribution in [0.4, 0.5) is 4.79 Å². The number of piperidine rings is 1. The number of aromatic nitrogens is 3. The molecule has 2 amide bonds. The normalized spacial score (nSPS) is 16.4. The lowest BCUT2D eigenvalue weighted by Crippen LogP contribution is -2.46. The second-order valence-corrected chi connectivity index (χ2v) is 6.96. The molecule has 1 aromatic carbocycles. The van der Waals surface area contributed by atoms with Crippen LogP contribution in [0.3, 0.4) is 0 Å². The van der Waals surface area contributed by atoms with Crippen molar-refractivity contribution in [2.24, 2.45) is 0 Å².